The summed E-state index contributed by atoms with van der Waals surface area (Å²) in [5.41, 5.74) is 0.597. The summed E-state index contributed by atoms with van der Waals surface area (Å²) in [4.78, 5) is 28.9. The molecule has 1 aromatic rings. The van der Waals surface area contributed by atoms with Crippen LogP contribution in [0.15, 0.2) is 18.3 Å². The van der Waals surface area contributed by atoms with E-state index >= 15 is 0 Å². The normalized spacial score (nSPS) is 9.76. The number of nitriles is 1. The van der Waals surface area contributed by atoms with Crippen molar-refractivity contribution < 1.29 is 19.1 Å². The topological polar surface area (TPSA) is 92.5 Å². The number of nitrogens with zero attached hydrogens (tertiary/aromatic N) is 3. The monoisotopic (exact) mass is 291 g/mol. The third-order valence-corrected chi connectivity index (χ3v) is 2.78. The summed E-state index contributed by atoms with van der Waals surface area (Å²) in [7, 11) is 2.83. The van der Waals surface area contributed by atoms with Gasteiger partial charge >= 0.3 is 5.97 Å². The molecule has 0 N–H and O–H groups in total. The second-order valence-electron chi connectivity index (χ2n) is 4.16. The van der Waals surface area contributed by atoms with Gasteiger partial charge in [-0.25, -0.2) is 4.98 Å². The molecule has 1 amide bonds. The molecule has 0 spiro atoms. The van der Waals surface area contributed by atoms with E-state index in [9.17, 15) is 9.59 Å². The van der Waals surface area contributed by atoms with Crippen molar-refractivity contribution in [3.8, 4) is 6.07 Å². The van der Waals surface area contributed by atoms with Crippen molar-refractivity contribution in [1.82, 2.24) is 9.88 Å². The van der Waals surface area contributed by atoms with Gasteiger partial charge in [-0.05, 0) is 12.1 Å². The van der Waals surface area contributed by atoms with Gasteiger partial charge in [-0.3, -0.25) is 9.59 Å². The number of aromatic nitrogens is 1. The van der Waals surface area contributed by atoms with Crippen molar-refractivity contribution in [2.45, 2.75) is 6.42 Å². The van der Waals surface area contributed by atoms with Crippen LogP contribution in [0.4, 0.5) is 0 Å². The Morgan fingerprint density at radius 1 is 1.33 bits per heavy atom. The van der Waals surface area contributed by atoms with E-state index in [0.29, 0.717) is 18.7 Å². The van der Waals surface area contributed by atoms with Gasteiger partial charge in [-0.1, -0.05) is 0 Å². The highest BCUT2D eigenvalue weighted by Gasteiger charge is 2.18. The van der Waals surface area contributed by atoms with Gasteiger partial charge in [0.2, 0.25) is 0 Å². The second-order valence-corrected chi connectivity index (χ2v) is 4.16. The van der Waals surface area contributed by atoms with Gasteiger partial charge in [0.05, 0.1) is 25.7 Å². The Bertz CT molecular complexity index is 522. The van der Waals surface area contributed by atoms with Crippen molar-refractivity contribution in [2.75, 3.05) is 33.9 Å². The molecule has 0 saturated heterocycles. The van der Waals surface area contributed by atoms with Gasteiger partial charge in [0.25, 0.3) is 5.91 Å². The highest BCUT2D eigenvalue weighted by molar-refractivity contribution is 5.92. The quantitative estimate of drug-likeness (QED) is 0.683. The number of hydrogen-bond acceptors (Lipinski definition) is 6. The van der Waals surface area contributed by atoms with Gasteiger partial charge in [0, 0.05) is 26.4 Å². The first kappa shape index (κ1) is 16.6. The first-order chi connectivity index (χ1) is 10.1. The summed E-state index contributed by atoms with van der Waals surface area (Å²) in [6.45, 7) is 0.910. The van der Waals surface area contributed by atoms with Crippen LogP contribution in [0.3, 0.4) is 0 Å². The number of ether oxygens (including phenoxy) is 2. The van der Waals surface area contributed by atoms with Gasteiger partial charge in [-0.15, -0.1) is 0 Å². The molecular weight excluding hydrogens is 274 g/mol. The van der Waals surface area contributed by atoms with Gasteiger partial charge in [-0.2, -0.15) is 5.26 Å². The zero-order chi connectivity index (χ0) is 15.7. The van der Waals surface area contributed by atoms with Crippen LogP contribution in [-0.4, -0.2) is 55.7 Å². The number of pyridine rings is 1. The summed E-state index contributed by atoms with van der Waals surface area (Å²) < 4.78 is 9.52. The first-order valence-electron chi connectivity index (χ1n) is 6.33. The average molecular weight is 291 g/mol. The van der Waals surface area contributed by atoms with Crippen molar-refractivity contribution in [2.24, 2.45) is 0 Å². The van der Waals surface area contributed by atoms with E-state index in [4.69, 9.17) is 10.00 Å². The summed E-state index contributed by atoms with van der Waals surface area (Å²) in [5, 5.41) is 8.71. The fourth-order valence-electron chi connectivity index (χ4n) is 1.59. The van der Waals surface area contributed by atoms with E-state index in [2.05, 4.69) is 9.72 Å². The first-order valence-corrected chi connectivity index (χ1v) is 6.33. The highest BCUT2D eigenvalue weighted by Crippen LogP contribution is 2.05. The lowest BCUT2D eigenvalue weighted by Crippen LogP contribution is -2.36. The molecule has 0 bridgehead atoms. The number of methoxy groups -OCH3 is 2. The van der Waals surface area contributed by atoms with Crippen LogP contribution in [0.5, 0.6) is 0 Å². The Morgan fingerprint density at radius 2 is 2.10 bits per heavy atom. The number of esters is 1. The maximum atomic E-state index is 12.3. The molecule has 0 aliphatic carbocycles. The molecule has 0 aromatic carbocycles. The number of rotatable bonds is 7. The standard InChI is InChI=1S/C14H17N3O4/c1-20-8-7-17(6-5-13(18)21-2)14(19)12-4-3-11(9-15)10-16-12/h3-4,10H,5-8H2,1-2H3. The third kappa shape index (κ3) is 5.20. The molecule has 1 heterocycles. The van der Waals surface area contributed by atoms with E-state index in [1.165, 1.54) is 37.4 Å². The van der Waals surface area contributed by atoms with Gasteiger partial charge in [0.1, 0.15) is 11.8 Å². The zero-order valence-corrected chi connectivity index (χ0v) is 12.0. The Labute approximate surface area is 123 Å². The van der Waals surface area contributed by atoms with Gasteiger partial charge < -0.3 is 14.4 Å². The van der Waals surface area contributed by atoms with Crippen LogP contribution in [0.1, 0.15) is 22.5 Å². The van der Waals surface area contributed by atoms with Crippen LogP contribution >= 0.6 is 0 Å². The second kappa shape index (κ2) is 8.66. The van der Waals surface area contributed by atoms with E-state index < -0.39 is 5.97 Å². The lowest BCUT2D eigenvalue weighted by Gasteiger charge is -2.21. The zero-order valence-electron chi connectivity index (χ0n) is 12.0. The number of hydrogen-bond donors (Lipinski definition) is 0. The van der Waals surface area contributed by atoms with Crippen molar-refractivity contribution in [3.63, 3.8) is 0 Å². The lowest BCUT2D eigenvalue weighted by atomic mass is 10.2. The summed E-state index contributed by atoms with van der Waals surface area (Å²) in [6, 6.07) is 4.94. The van der Waals surface area contributed by atoms with Crippen molar-refractivity contribution >= 4 is 11.9 Å². The largest absolute Gasteiger partial charge is 0.469 e. The predicted molar refractivity (Wildman–Crippen MR) is 73.4 cm³/mol. The van der Waals surface area contributed by atoms with Crippen LogP contribution in [0.2, 0.25) is 0 Å². The van der Waals surface area contributed by atoms with E-state index in [1.807, 2.05) is 6.07 Å². The maximum Gasteiger partial charge on any atom is 0.307 e. The van der Waals surface area contributed by atoms with Crippen LogP contribution < -0.4 is 0 Å². The lowest BCUT2D eigenvalue weighted by molar-refractivity contribution is -0.140. The van der Waals surface area contributed by atoms with Gasteiger partial charge in [0.15, 0.2) is 0 Å². The molecule has 0 atom stereocenters. The molecule has 0 fully saturated rings. The molecule has 21 heavy (non-hydrogen) atoms. The minimum atomic E-state index is -0.391. The Hall–Kier alpha value is -2.46. The van der Waals surface area contributed by atoms with Crippen LogP contribution in [0, 0.1) is 11.3 Å². The van der Waals surface area contributed by atoms with Crippen LogP contribution in [0.25, 0.3) is 0 Å². The minimum Gasteiger partial charge on any atom is -0.469 e. The molecule has 112 valence electrons. The van der Waals surface area contributed by atoms with E-state index in [1.54, 1.807) is 0 Å². The number of amides is 1. The highest BCUT2D eigenvalue weighted by atomic mass is 16.5. The molecule has 7 heteroatoms. The Balaban J connectivity index is 2.77. The molecule has 7 nitrogen and oxygen atoms in total. The molecule has 0 unspecified atom stereocenters. The smallest absolute Gasteiger partial charge is 0.307 e. The summed E-state index contributed by atoms with van der Waals surface area (Å²) in [6.07, 6.45) is 1.43. The van der Waals surface area contributed by atoms with Crippen molar-refractivity contribution in [3.05, 3.63) is 29.6 Å². The fraction of sp³-hybridized carbons (Fsp3) is 0.429. The molecule has 0 radical (unpaired) electrons. The fourth-order valence-corrected chi connectivity index (χ4v) is 1.59. The molecule has 0 aliphatic heterocycles. The Kier molecular flexibility index (Phi) is 6.84. The molecule has 0 aliphatic rings. The molecule has 1 aromatic heterocycles. The SMILES string of the molecule is COCCN(CCC(=O)OC)C(=O)c1ccc(C#N)cn1. The predicted octanol–water partition coefficient (Wildman–Crippen LogP) is 0.605. The summed E-state index contributed by atoms with van der Waals surface area (Å²) in [5.74, 6) is -0.710. The number of carbonyl (C=O) groups is 2. The van der Waals surface area contributed by atoms with Crippen LogP contribution in [-0.2, 0) is 14.3 Å². The minimum absolute atomic E-state index is 0.0994. The van der Waals surface area contributed by atoms with E-state index in [0.717, 1.165) is 0 Å². The average Bonchev–Trinajstić information content (AvgIpc) is 2.54. The van der Waals surface area contributed by atoms with E-state index in [-0.39, 0.29) is 24.6 Å². The molecule has 0 saturated carbocycles. The molecule has 1 rings (SSSR count). The Morgan fingerprint density at radius 3 is 2.62 bits per heavy atom. The molecular formula is C14H17N3O4. The third-order valence-electron chi connectivity index (χ3n) is 2.78. The van der Waals surface area contributed by atoms with Crippen molar-refractivity contribution in [1.29, 1.82) is 5.26 Å². The maximum absolute atomic E-state index is 12.3. The summed E-state index contributed by atoms with van der Waals surface area (Å²) >= 11 is 0. The number of carbonyl (C=O) groups excluding carboxylic acids is 2.